The van der Waals surface area contributed by atoms with Crippen LogP contribution < -0.4 is 24.3 Å². The Hall–Kier alpha value is -2.64. The van der Waals surface area contributed by atoms with E-state index in [1.807, 2.05) is 17.0 Å². The second-order valence-corrected chi connectivity index (χ2v) is 8.98. The highest BCUT2D eigenvalue weighted by Gasteiger charge is 2.28. The van der Waals surface area contributed by atoms with Crippen LogP contribution in [0.5, 0.6) is 23.0 Å². The van der Waals surface area contributed by atoms with Crippen molar-refractivity contribution in [1.82, 2.24) is 10.2 Å². The second kappa shape index (κ2) is 12.4. The molecule has 0 fully saturated rings. The number of ether oxygens (including phenoxy) is 4. The van der Waals surface area contributed by atoms with Crippen molar-refractivity contribution < 1.29 is 23.7 Å². The summed E-state index contributed by atoms with van der Waals surface area (Å²) in [4.78, 5) is 14.8. The molecule has 0 spiro atoms. The molecule has 0 aromatic heterocycles. The Morgan fingerprint density at radius 3 is 2.11 bits per heavy atom. The van der Waals surface area contributed by atoms with Crippen LogP contribution in [0.15, 0.2) is 24.3 Å². The lowest BCUT2D eigenvalue weighted by molar-refractivity contribution is -0.130. The lowest BCUT2D eigenvalue weighted by Gasteiger charge is -2.31. The average molecular weight is 505 g/mol. The molecule has 35 heavy (non-hydrogen) atoms. The summed E-state index contributed by atoms with van der Waals surface area (Å²) >= 11 is 0. The minimum atomic E-state index is 0. The van der Waals surface area contributed by atoms with Crippen molar-refractivity contribution in [3.05, 3.63) is 46.5 Å². The predicted molar refractivity (Wildman–Crippen MR) is 139 cm³/mol. The smallest absolute Gasteiger partial charge is 0.227 e. The quantitative estimate of drug-likeness (QED) is 0.470. The van der Waals surface area contributed by atoms with Crippen LogP contribution in [0.3, 0.4) is 0 Å². The summed E-state index contributed by atoms with van der Waals surface area (Å²) in [5.74, 6) is 3.77. The van der Waals surface area contributed by atoms with Crippen molar-refractivity contribution in [2.24, 2.45) is 0 Å². The molecule has 0 unspecified atom stereocenters. The van der Waals surface area contributed by atoms with Crippen molar-refractivity contribution in [2.45, 2.75) is 38.0 Å². The number of nitrogens with zero attached hydrogens (tertiary/aromatic N) is 1. The van der Waals surface area contributed by atoms with Crippen LogP contribution in [-0.4, -0.2) is 65.4 Å². The fourth-order valence-corrected chi connectivity index (χ4v) is 5.04. The molecule has 0 bridgehead atoms. The van der Waals surface area contributed by atoms with E-state index in [0.29, 0.717) is 18.1 Å². The zero-order valence-electron chi connectivity index (χ0n) is 21.1. The van der Waals surface area contributed by atoms with Gasteiger partial charge in [0.05, 0.1) is 34.9 Å². The topological polar surface area (TPSA) is 69.3 Å². The maximum atomic E-state index is 12.8. The van der Waals surface area contributed by atoms with Crippen molar-refractivity contribution >= 4 is 18.3 Å². The molecule has 1 heterocycles. The summed E-state index contributed by atoms with van der Waals surface area (Å²) in [6, 6.07) is 8.18. The van der Waals surface area contributed by atoms with E-state index in [1.165, 1.54) is 16.7 Å². The van der Waals surface area contributed by atoms with Gasteiger partial charge in [-0.3, -0.25) is 4.79 Å². The fourth-order valence-electron chi connectivity index (χ4n) is 5.04. The largest absolute Gasteiger partial charge is 0.493 e. The van der Waals surface area contributed by atoms with Crippen LogP contribution in [0.2, 0.25) is 0 Å². The van der Waals surface area contributed by atoms with Gasteiger partial charge in [0.15, 0.2) is 23.0 Å². The molecular weight excluding hydrogens is 468 g/mol. The lowest BCUT2D eigenvalue weighted by atomic mass is 9.75. The van der Waals surface area contributed by atoms with E-state index >= 15 is 0 Å². The van der Waals surface area contributed by atoms with Crippen molar-refractivity contribution in [3.63, 3.8) is 0 Å². The number of rotatable bonds is 11. The molecule has 2 aliphatic rings. The molecule has 1 atom stereocenters. The highest BCUT2D eigenvalue weighted by atomic mass is 35.5. The Kier molecular flexibility index (Phi) is 9.52. The molecule has 0 saturated carbocycles. The van der Waals surface area contributed by atoms with E-state index < -0.39 is 0 Å². The normalized spacial score (nSPS) is 16.3. The molecule has 1 N–H and O–H groups in total. The highest BCUT2D eigenvalue weighted by molar-refractivity contribution is 5.85. The van der Waals surface area contributed by atoms with Crippen molar-refractivity contribution in [1.29, 1.82) is 0 Å². The summed E-state index contributed by atoms with van der Waals surface area (Å²) in [5.41, 5.74) is 4.95. The number of nitrogens with one attached hydrogen (secondary N) is 1. The van der Waals surface area contributed by atoms with Gasteiger partial charge in [-0.2, -0.15) is 0 Å². The number of halogens is 1. The number of methoxy groups -OCH3 is 4. The van der Waals surface area contributed by atoms with Crippen LogP contribution in [0.4, 0.5) is 0 Å². The maximum Gasteiger partial charge on any atom is 0.227 e. The molecular formula is C27H37ClN2O5. The Morgan fingerprint density at radius 2 is 1.46 bits per heavy atom. The third-order valence-corrected chi connectivity index (χ3v) is 7.05. The maximum absolute atomic E-state index is 12.8. The van der Waals surface area contributed by atoms with E-state index in [2.05, 4.69) is 17.4 Å². The molecule has 1 amide bonds. The summed E-state index contributed by atoms with van der Waals surface area (Å²) in [5, 5.41) is 3.56. The number of hydrogen-bond acceptors (Lipinski definition) is 6. The monoisotopic (exact) mass is 504 g/mol. The predicted octanol–water partition coefficient (Wildman–Crippen LogP) is 3.78. The van der Waals surface area contributed by atoms with Gasteiger partial charge in [0, 0.05) is 13.1 Å². The molecule has 8 heteroatoms. The average Bonchev–Trinajstić information content (AvgIpc) is 2.99. The minimum Gasteiger partial charge on any atom is -0.493 e. The van der Waals surface area contributed by atoms with Gasteiger partial charge in [-0.15, -0.1) is 12.4 Å². The molecule has 192 valence electrons. The highest BCUT2D eigenvalue weighted by Crippen LogP contribution is 2.43. The van der Waals surface area contributed by atoms with Gasteiger partial charge >= 0.3 is 0 Å². The fraction of sp³-hybridized carbons (Fsp3) is 0.519. The number of hydrogen-bond donors (Lipinski definition) is 1. The lowest BCUT2D eigenvalue weighted by Crippen LogP contribution is -2.34. The van der Waals surface area contributed by atoms with E-state index in [0.717, 1.165) is 74.7 Å². The summed E-state index contributed by atoms with van der Waals surface area (Å²) in [7, 11) is 6.63. The summed E-state index contributed by atoms with van der Waals surface area (Å²) < 4.78 is 21.7. The first-order valence-corrected chi connectivity index (χ1v) is 12.0. The van der Waals surface area contributed by atoms with Gasteiger partial charge in [-0.05, 0) is 91.2 Å². The van der Waals surface area contributed by atoms with Crippen LogP contribution in [0.1, 0.15) is 41.0 Å². The molecule has 7 nitrogen and oxygen atoms in total. The SMILES string of the molecule is COc1cc2c(cc1OC)CC(=O)N(CCCNCC[C@@H]1Cc3cc(OC)c(OC)cc31)CC2.Cl. The standard InChI is InChI=1S/C27H36N2O5.ClH/c1-31-23-13-18-7-11-29(27(30)16-20(18)14-24(23)32-2)10-5-8-28-9-6-19-12-21-15-25(33-3)26(34-4)17-22(19)21;/h13-15,17,19,28H,5-12,16H2,1-4H3;1H/t19-;/m1./s1. The zero-order valence-corrected chi connectivity index (χ0v) is 22.0. The number of benzene rings is 2. The Labute approximate surface area is 214 Å². The first kappa shape index (κ1) is 27.0. The molecule has 1 aliphatic heterocycles. The van der Waals surface area contributed by atoms with Crippen LogP contribution in [0, 0.1) is 0 Å². The first-order valence-electron chi connectivity index (χ1n) is 12.0. The minimum absolute atomic E-state index is 0. The third-order valence-electron chi connectivity index (χ3n) is 7.05. The Bertz CT molecular complexity index is 1030. The van der Waals surface area contributed by atoms with Crippen molar-refractivity contribution in [3.8, 4) is 23.0 Å². The number of carbonyl (C=O) groups is 1. The molecule has 1 aliphatic carbocycles. The van der Waals surface area contributed by atoms with Crippen LogP contribution in [-0.2, 0) is 24.1 Å². The zero-order chi connectivity index (χ0) is 24.1. The van der Waals surface area contributed by atoms with Gasteiger partial charge in [0.1, 0.15) is 0 Å². The van der Waals surface area contributed by atoms with Crippen LogP contribution in [0.25, 0.3) is 0 Å². The van der Waals surface area contributed by atoms with Crippen molar-refractivity contribution in [2.75, 3.05) is 54.6 Å². The van der Waals surface area contributed by atoms with Gasteiger partial charge in [0.2, 0.25) is 5.91 Å². The molecule has 0 radical (unpaired) electrons. The van der Waals surface area contributed by atoms with E-state index in [9.17, 15) is 4.79 Å². The first-order chi connectivity index (χ1) is 16.6. The van der Waals surface area contributed by atoms with Gasteiger partial charge in [0.25, 0.3) is 0 Å². The number of amides is 1. The third kappa shape index (κ3) is 5.96. The Morgan fingerprint density at radius 1 is 0.857 bits per heavy atom. The van der Waals surface area contributed by atoms with E-state index in [4.69, 9.17) is 18.9 Å². The van der Waals surface area contributed by atoms with Gasteiger partial charge in [-0.25, -0.2) is 0 Å². The van der Waals surface area contributed by atoms with Gasteiger partial charge in [-0.1, -0.05) is 0 Å². The molecule has 2 aromatic rings. The second-order valence-electron chi connectivity index (χ2n) is 8.98. The van der Waals surface area contributed by atoms with E-state index in [-0.39, 0.29) is 18.3 Å². The van der Waals surface area contributed by atoms with E-state index in [1.54, 1.807) is 28.4 Å². The number of fused-ring (bicyclic) bond motifs is 2. The summed E-state index contributed by atoms with van der Waals surface area (Å²) in [6.07, 6.45) is 4.39. The van der Waals surface area contributed by atoms with Crippen LogP contribution >= 0.6 is 12.4 Å². The number of carbonyl (C=O) groups excluding carboxylic acids is 1. The van der Waals surface area contributed by atoms with Gasteiger partial charge < -0.3 is 29.2 Å². The molecule has 4 rings (SSSR count). The Balaban J connectivity index is 0.00000342. The molecule has 0 saturated heterocycles. The molecule has 2 aromatic carbocycles. The summed E-state index contributed by atoms with van der Waals surface area (Å²) in [6.45, 7) is 3.39.